The summed E-state index contributed by atoms with van der Waals surface area (Å²) in [7, 11) is 0. The number of aromatic nitrogens is 2. The van der Waals surface area contributed by atoms with E-state index in [1.165, 1.54) is 12.1 Å². The molecule has 1 N–H and O–H groups in total. The second kappa shape index (κ2) is 4.55. The molecule has 0 saturated carbocycles. The lowest BCUT2D eigenvalue weighted by Gasteiger charge is -2.08. The third-order valence-electron chi connectivity index (χ3n) is 3.15. The molecule has 0 aliphatic rings. The molecule has 0 aliphatic heterocycles. The number of fused-ring (bicyclic) bond motifs is 1. The van der Waals surface area contributed by atoms with Gasteiger partial charge in [0.05, 0.1) is 5.69 Å². The third kappa shape index (κ3) is 2.04. The van der Waals surface area contributed by atoms with Gasteiger partial charge in [0.15, 0.2) is 0 Å². The van der Waals surface area contributed by atoms with Gasteiger partial charge in [-0.2, -0.15) is 5.10 Å². The maximum Gasteiger partial charge on any atom is 0.127 e. The first-order chi connectivity index (χ1) is 9.16. The van der Waals surface area contributed by atoms with Gasteiger partial charge in [0.25, 0.3) is 0 Å². The van der Waals surface area contributed by atoms with E-state index in [0.29, 0.717) is 4.64 Å². The van der Waals surface area contributed by atoms with Gasteiger partial charge in [-0.25, -0.2) is 4.39 Å². The largest absolute Gasteiger partial charge is 0.267 e. The van der Waals surface area contributed by atoms with Gasteiger partial charge in [0.1, 0.15) is 10.5 Å². The molecule has 0 atom stereocenters. The SMILES string of the molecule is Cc1ccc(F)cc1-c1n[nH]c(=S)c2ccccc12. The van der Waals surface area contributed by atoms with Gasteiger partial charge in [0.2, 0.25) is 0 Å². The van der Waals surface area contributed by atoms with E-state index in [4.69, 9.17) is 12.2 Å². The summed E-state index contributed by atoms with van der Waals surface area (Å²) in [5.74, 6) is -0.270. The molecule has 3 rings (SSSR count). The van der Waals surface area contributed by atoms with Crippen molar-refractivity contribution >= 4 is 23.0 Å². The minimum absolute atomic E-state index is 0.270. The minimum atomic E-state index is -0.270. The summed E-state index contributed by atoms with van der Waals surface area (Å²) in [6.45, 7) is 1.94. The van der Waals surface area contributed by atoms with Crippen LogP contribution >= 0.6 is 12.2 Å². The van der Waals surface area contributed by atoms with Crippen molar-refractivity contribution in [3.05, 3.63) is 58.5 Å². The average molecular weight is 270 g/mol. The first-order valence-corrected chi connectivity index (χ1v) is 6.31. The predicted octanol–water partition coefficient (Wildman–Crippen LogP) is 4.41. The lowest BCUT2D eigenvalue weighted by Crippen LogP contribution is -1.94. The molecule has 0 fully saturated rings. The highest BCUT2D eigenvalue weighted by atomic mass is 32.1. The summed E-state index contributed by atoms with van der Waals surface area (Å²) in [4.78, 5) is 0. The molecule has 1 heterocycles. The fourth-order valence-corrected chi connectivity index (χ4v) is 2.39. The number of H-pyrrole nitrogens is 1. The Hall–Kier alpha value is -2.07. The van der Waals surface area contributed by atoms with Crippen LogP contribution in [0.2, 0.25) is 0 Å². The second-order valence-electron chi connectivity index (χ2n) is 4.41. The number of hydrogen-bond acceptors (Lipinski definition) is 2. The zero-order valence-electron chi connectivity index (χ0n) is 10.3. The van der Waals surface area contributed by atoms with E-state index in [1.54, 1.807) is 6.07 Å². The van der Waals surface area contributed by atoms with Gasteiger partial charge in [-0.05, 0) is 24.6 Å². The summed E-state index contributed by atoms with van der Waals surface area (Å²) in [6, 6.07) is 12.4. The predicted molar refractivity (Wildman–Crippen MR) is 77.1 cm³/mol. The summed E-state index contributed by atoms with van der Waals surface area (Å²) in [5, 5.41) is 8.97. The van der Waals surface area contributed by atoms with Crippen LogP contribution in [0, 0.1) is 17.4 Å². The highest BCUT2D eigenvalue weighted by Gasteiger charge is 2.10. The Bertz CT molecular complexity index is 824. The first-order valence-electron chi connectivity index (χ1n) is 5.91. The molecule has 19 heavy (non-hydrogen) atoms. The average Bonchev–Trinajstić information content (AvgIpc) is 2.43. The molecule has 1 aromatic heterocycles. The standard InChI is InChI=1S/C15H11FN2S/c1-9-6-7-10(16)8-13(9)14-11-4-2-3-5-12(11)15(19)18-17-14/h2-8H,1H3,(H,18,19). The van der Waals surface area contributed by atoms with Crippen LogP contribution in [0.4, 0.5) is 4.39 Å². The number of benzene rings is 2. The number of aryl methyl sites for hydroxylation is 1. The van der Waals surface area contributed by atoms with Crippen LogP contribution in [0.25, 0.3) is 22.0 Å². The van der Waals surface area contributed by atoms with Gasteiger partial charge in [0, 0.05) is 16.3 Å². The van der Waals surface area contributed by atoms with Crippen molar-refractivity contribution < 1.29 is 4.39 Å². The highest BCUT2D eigenvalue weighted by molar-refractivity contribution is 7.71. The Labute approximate surface area is 114 Å². The summed E-state index contributed by atoms with van der Waals surface area (Å²) >= 11 is 5.23. The zero-order chi connectivity index (χ0) is 13.4. The molecular weight excluding hydrogens is 259 g/mol. The monoisotopic (exact) mass is 270 g/mol. The third-order valence-corrected chi connectivity index (χ3v) is 3.46. The first kappa shape index (κ1) is 12.0. The van der Waals surface area contributed by atoms with Crippen LogP contribution in [0.5, 0.6) is 0 Å². The van der Waals surface area contributed by atoms with Gasteiger partial charge in [-0.1, -0.05) is 42.5 Å². The minimum Gasteiger partial charge on any atom is -0.267 e. The number of hydrogen-bond donors (Lipinski definition) is 1. The molecule has 2 aromatic carbocycles. The van der Waals surface area contributed by atoms with Crippen LogP contribution in [0.1, 0.15) is 5.56 Å². The van der Waals surface area contributed by atoms with Crippen molar-refractivity contribution in [3.8, 4) is 11.3 Å². The van der Waals surface area contributed by atoms with Gasteiger partial charge < -0.3 is 0 Å². The maximum atomic E-state index is 13.5. The topological polar surface area (TPSA) is 28.7 Å². The summed E-state index contributed by atoms with van der Waals surface area (Å²) < 4.78 is 14.0. The fourth-order valence-electron chi connectivity index (χ4n) is 2.17. The molecule has 4 heteroatoms. The van der Waals surface area contributed by atoms with Crippen molar-refractivity contribution in [2.45, 2.75) is 6.92 Å². The molecule has 0 radical (unpaired) electrons. The Morgan fingerprint density at radius 1 is 1.11 bits per heavy atom. The normalized spacial score (nSPS) is 10.8. The fraction of sp³-hybridized carbons (Fsp3) is 0.0667. The highest BCUT2D eigenvalue weighted by Crippen LogP contribution is 2.29. The Morgan fingerprint density at radius 2 is 1.84 bits per heavy atom. The summed E-state index contributed by atoms with van der Waals surface area (Å²) in [5.41, 5.74) is 2.48. The summed E-state index contributed by atoms with van der Waals surface area (Å²) in [6.07, 6.45) is 0. The smallest absolute Gasteiger partial charge is 0.127 e. The number of nitrogens with zero attached hydrogens (tertiary/aromatic N) is 1. The van der Waals surface area contributed by atoms with Crippen molar-refractivity contribution in [2.75, 3.05) is 0 Å². The van der Waals surface area contributed by atoms with E-state index in [1.807, 2.05) is 31.2 Å². The Morgan fingerprint density at radius 3 is 2.63 bits per heavy atom. The van der Waals surface area contributed by atoms with Crippen LogP contribution in [0.15, 0.2) is 42.5 Å². The molecule has 0 unspecified atom stereocenters. The van der Waals surface area contributed by atoms with Crippen LogP contribution in [-0.4, -0.2) is 10.2 Å². The quantitative estimate of drug-likeness (QED) is 0.664. The van der Waals surface area contributed by atoms with Crippen LogP contribution < -0.4 is 0 Å². The van der Waals surface area contributed by atoms with E-state index in [-0.39, 0.29) is 5.82 Å². The van der Waals surface area contributed by atoms with E-state index < -0.39 is 0 Å². The maximum absolute atomic E-state index is 13.5. The number of rotatable bonds is 1. The second-order valence-corrected chi connectivity index (χ2v) is 4.81. The van der Waals surface area contributed by atoms with Crippen molar-refractivity contribution in [3.63, 3.8) is 0 Å². The zero-order valence-corrected chi connectivity index (χ0v) is 11.1. The van der Waals surface area contributed by atoms with Crippen LogP contribution in [-0.2, 0) is 0 Å². The van der Waals surface area contributed by atoms with Crippen molar-refractivity contribution in [1.29, 1.82) is 0 Å². The Kier molecular flexibility index (Phi) is 2.87. The van der Waals surface area contributed by atoms with Gasteiger partial charge in [-0.15, -0.1) is 0 Å². The van der Waals surface area contributed by atoms with Crippen LogP contribution in [0.3, 0.4) is 0 Å². The van der Waals surface area contributed by atoms with Crippen molar-refractivity contribution in [2.24, 2.45) is 0 Å². The van der Waals surface area contributed by atoms with Gasteiger partial charge in [-0.3, -0.25) is 5.10 Å². The molecule has 0 bridgehead atoms. The Balaban J connectivity index is 2.41. The lowest BCUT2D eigenvalue weighted by atomic mass is 10.0. The molecule has 94 valence electrons. The van der Waals surface area contributed by atoms with Crippen molar-refractivity contribution in [1.82, 2.24) is 10.2 Å². The van der Waals surface area contributed by atoms with E-state index in [9.17, 15) is 4.39 Å². The number of halogens is 1. The molecule has 0 saturated heterocycles. The number of aromatic amines is 1. The molecule has 3 aromatic rings. The van der Waals surface area contributed by atoms with E-state index >= 15 is 0 Å². The molecule has 0 spiro atoms. The van der Waals surface area contributed by atoms with Gasteiger partial charge >= 0.3 is 0 Å². The molecule has 0 amide bonds. The van der Waals surface area contributed by atoms with E-state index in [2.05, 4.69) is 10.2 Å². The lowest BCUT2D eigenvalue weighted by molar-refractivity contribution is 0.628. The molecule has 2 nitrogen and oxygen atoms in total. The number of nitrogens with one attached hydrogen (secondary N) is 1. The molecule has 0 aliphatic carbocycles. The molecular formula is C15H11FN2S. The van der Waals surface area contributed by atoms with E-state index in [0.717, 1.165) is 27.6 Å².